The number of nitrogens with one attached hydrogen (secondary N) is 1. The molecule has 0 aliphatic heterocycles. The number of methoxy groups -OCH3 is 1. The average molecular weight is 261 g/mol. The van der Waals surface area contributed by atoms with Crippen molar-refractivity contribution in [2.45, 2.75) is 58.0 Å². The molecule has 1 N–H and O–H groups in total. The molecule has 3 atom stereocenters. The molecule has 1 saturated carbocycles. The molecular weight excluding hydrogens is 234 g/mol. The molecule has 0 amide bonds. The first-order valence-corrected chi connectivity index (χ1v) is 7.64. The van der Waals surface area contributed by atoms with Gasteiger partial charge >= 0.3 is 0 Å². The van der Waals surface area contributed by atoms with E-state index < -0.39 is 0 Å². The summed E-state index contributed by atoms with van der Waals surface area (Å²) in [6.07, 6.45) is 6.61. The largest absolute Gasteiger partial charge is 0.497 e. The molecule has 0 radical (unpaired) electrons. The third-order valence-corrected chi connectivity index (χ3v) is 4.45. The Morgan fingerprint density at radius 3 is 2.47 bits per heavy atom. The fourth-order valence-corrected chi connectivity index (χ4v) is 3.11. The second kappa shape index (κ2) is 6.95. The van der Waals surface area contributed by atoms with Crippen molar-refractivity contribution >= 4 is 0 Å². The van der Waals surface area contributed by atoms with Gasteiger partial charge in [0.25, 0.3) is 0 Å². The maximum Gasteiger partial charge on any atom is 0.118 e. The second-order valence-electron chi connectivity index (χ2n) is 5.77. The zero-order chi connectivity index (χ0) is 13.7. The van der Waals surface area contributed by atoms with E-state index in [0.717, 1.165) is 18.1 Å². The van der Waals surface area contributed by atoms with Crippen LogP contribution in [-0.4, -0.2) is 13.2 Å². The van der Waals surface area contributed by atoms with E-state index in [2.05, 4.69) is 43.4 Å². The van der Waals surface area contributed by atoms with Crippen molar-refractivity contribution in [3.63, 3.8) is 0 Å². The zero-order valence-electron chi connectivity index (χ0n) is 12.5. The average Bonchev–Trinajstić information content (AvgIpc) is 2.47. The van der Waals surface area contributed by atoms with Gasteiger partial charge in [0.2, 0.25) is 0 Å². The summed E-state index contributed by atoms with van der Waals surface area (Å²) >= 11 is 0. The smallest absolute Gasteiger partial charge is 0.118 e. The van der Waals surface area contributed by atoms with Crippen molar-refractivity contribution < 1.29 is 4.74 Å². The summed E-state index contributed by atoms with van der Waals surface area (Å²) in [5.74, 6) is 1.74. The minimum atomic E-state index is 0.469. The van der Waals surface area contributed by atoms with Gasteiger partial charge in [-0.2, -0.15) is 0 Å². The molecular formula is C17H27NO. The van der Waals surface area contributed by atoms with Crippen LogP contribution >= 0.6 is 0 Å². The van der Waals surface area contributed by atoms with E-state index in [1.165, 1.54) is 31.2 Å². The van der Waals surface area contributed by atoms with Gasteiger partial charge < -0.3 is 10.1 Å². The van der Waals surface area contributed by atoms with Gasteiger partial charge in [-0.25, -0.2) is 0 Å². The summed E-state index contributed by atoms with van der Waals surface area (Å²) in [5.41, 5.74) is 1.38. The molecule has 0 spiro atoms. The molecule has 0 heterocycles. The van der Waals surface area contributed by atoms with Gasteiger partial charge in [0.15, 0.2) is 0 Å². The van der Waals surface area contributed by atoms with Gasteiger partial charge in [0.05, 0.1) is 7.11 Å². The maximum absolute atomic E-state index is 5.23. The van der Waals surface area contributed by atoms with Gasteiger partial charge in [0.1, 0.15) is 5.75 Å². The van der Waals surface area contributed by atoms with E-state index >= 15 is 0 Å². The highest BCUT2D eigenvalue weighted by Crippen LogP contribution is 2.28. The molecule has 19 heavy (non-hydrogen) atoms. The molecule has 1 fully saturated rings. The van der Waals surface area contributed by atoms with Crippen molar-refractivity contribution in [3.8, 4) is 5.75 Å². The Bertz CT molecular complexity index is 373. The minimum Gasteiger partial charge on any atom is -0.497 e. The number of hydrogen-bond donors (Lipinski definition) is 1. The summed E-state index contributed by atoms with van der Waals surface area (Å²) in [6.45, 7) is 4.65. The number of benzene rings is 1. The topological polar surface area (TPSA) is 21.3 Å². The van der Waals surface area contributed by atoms with Gasteiger partial charge in [0, 0.05) is 12.1 Å². The molecule has 3 unspecified atom stereocenters. The van der Waals surface area contributed by atoms with E-state index in [1.54, 1.807) is 7.11 Å². The first-order valence-electron chi connectivity index (χ1n) is 7.64. The molecule has 2 heteroatoms. The normalized spacial score (nSPS) is 25.0. The highest BCUT2D eigenvalue weighted by molar-refractivity contribution is 5.29. The van der Waals surface area contributed by atoms with Gasteiger partial charge in [-0.1, -0.05) is 38.8 Å². The molecule has 1 aromatic carbocycles. The van der Waals surface area contributed by atoms with E-state index in [1.807, 2.05) is 0 Å². The molecule has 2 rings (SSSR count). The Morgan fingerprint density at radius 2 is 1.89 bits per heavy atom. The molecule has 0 bridgehead atoms. The highest BCUT2D eigenvalue weighted by atomic mass is 16.5. The van der Waals surface area contributed by atoms with Crippen molar-refractivity contribution in [1.82, 2.24) is 5.32 Å². The lowest BCUT2D eigenvalue weighted by Gasteiger charge is -2.33. The van der Waals surface area contributed by atoms with Gasteiger partial charge in [-0.05, 0) is 42.9 Å². The summed E-state index contributed by atoms with van der Waals surface area (Å²) in [4.78, 5) is 0. The summed E-state index contributed by atoms with van der Waals surface area (Å²) in [6, 6.07) is 9.65. The van der Waals surface area contributed by atoms with Gasteiger partial charge in [-0.15, -0.1) is 0 Å². The zero-order valence-corrected chi connectivity index (χ0v) is 12.5. The minimum absolute atomic E-state index is 0.469. The molecule has 0 aromatic heterocycles. The first-order chi connectivity index (χ1) is 9.24. The number of ether oxygens (including phenoxy) is 1. The van der Waals surface area contributed by atoms with Crippen molar-refractivity contribution in [1.29, 1.82) is 0 Å². The van der Waals surface area contributed by atoms with Crippen LogP contribution in [0.1, 0.15) is 57.6 Å². The molecule has 0 saturated heterocycles. The predicted octanol–water partition coefficient (Wildman–Crippen LogP) is 4.31. The molecule has 1 aromatic rings. The van der Waals surface area contributed by atoms with E-state index in [9.17, 15) is 0 Å². The van der Waals surface area contributed by atoms with Crippen LogP contribution in [0.25, 0.3) is 0 Å². The van der Waals surface area contributed by atoms with Crippen LogP contribution in [0.3, 0.4) is 0 Å². The third kappa shape index (κ3) is 3.73. The maximum atomic E-state index is 5.23. The standard InChI is InChI=1S/C17H27NO/c1-4-16(14-9-11-15(19-3)12-10-14)18-17-8-6-5-7-13(17)2/h9-13,16-18H,4-8H2,1-3H3. The lowest BCUT2D eigenvalue weighted by Crippen LogP contribution is -2.39. The van der Waals surface area contributed by atoms with E-state index in [0.29, 0.717) is 12.1 Å². The molecule has 106 valence electrons. The fourth-order valence-electron chi connectivity index (χ4n) is 3.11. The van der Waals surface area contributed by atoms with E-state index in [4.69, 9.17) is 4.74 Å². The summed E-state index contributed by atoms with van der Waals surface area (Å²) < 4.78 is 5.23. The van der Waals surface area contributed by atoms with Gasteiger partial charge in [-0.3, -0.25) is 0 Å². The fraction of sp³-hybridized carbons (Fsp3) is 0.647. The Balaban J connectivity index is 2.01. The second-order valence-corrected chi connectivity index (χ2v) is 5.77. The van der Waals surface area contributed by atoms with Crippen LogP contribution in [0.5, 0.6) is 5.75 Å². The number of rotatable bonds is 5. The van der Waals surface area contributed by atoms with Crippen LogP contribution in [0, 0.1) is 5.92 Å². The Morgan fingerprint density at radius 1 is 1.21 bits per heavy atom. The first kappa shape index (κ1) is 14.4. The summed E-state index contributed by atoms with van der Waals surface area (Å²) in [5, 5.41) is 3.87. The number of hydrogen-bond acceptors (Lipinski definition) is 2. The Labute approximate surface area is 117 Å². The predicted molar refractivity (Wildman–Crippen MR) is 80.6 cm³/mol. The Kier molecular flexibility index (Phi) is 5.26. The molecule has 1 aliphatic rings. The summed E-state index contributed by atoms with van der Waals surface area (Å²) in [7, 11) is 1.72. The lowest BCUT2D eigenvalue weighted by molar-refractivity contribution is 0.256. The Hall–Kier alpha value is -1.02. The van der Waals surface area contributed by atoms with Crippen LogP contribution in [0.2, 0.25) is 0 Å². The highest BCUT2D eigenvalue weighted by Gasteiger charge is 2.23. The molecule has 2 nitrogen and oxygen atoms in total. The van der Waals surface area contributed by atoms with E-state index in [-0.39, 0.29) is 0 Å². The van der Waals surface area contributed by atoms with Crippen molar-refractivity contribution in [2.75, 3.05) is 7.11 Å². The van der Waals surface area contributed by atoms with Crippen molar-refractivity contribution in [3.05, 3.63) is 29.8 Å². The monoisotopic (exact) mass is 261 g/mol. The quantitative estimate of drug-likeness (QED) is 0.852. The SMILES string of the molecule is CCC(NC1CCCCC1C)c1ccc(OC)cc1. The van der Waals surface area contributed by atoms with Crippen LogP contribution in [0.15, 0.2) is 24.3 Å². The van der Waals surface area contributed by atoms with Crippen LogP contribution in [0.4, 0.5) is 0 Å². The van der Waals surface area contributed by atoms with Crippen LogP contribution in [-0.2, 0) is 0 Å². The molecule has 1 aliphatic carbocycles. The lowest BCUT2D eigenvalue weighted by atomic mass is 9.85. The van der Waals surface area contributed by atoms with Crippen LogP contribution < -0.4 is 10.1 Å². The van der Waals surface area contributed by atoms with Crippen molar-refractivity contribution in [2.24, 2.45) is 5.92 Å². The third-order valence-electron chi connectivity index (χ3n) is 4.45.